The Morgan fingerprint density at radius 3 is 2.48 bits per heavy atom. The van der Waals surface area contributed by atoms with E-state index in [1.807, 2.05) is 43.0 Å². The molecule has 0 atom stereocenters. The maximum absolute atomic E-state index is 11.7. The molecule has 3 N–H and O–H groups in total. The van der Waals surface area contributed by atoms with Gasteiger partial charge in [0.2, 0.25) is 0 Å². The fourth-order valence-corrected chi connectivity index (χ4v) is 2.51. The minimum absolute atomic E-state index is 0.0327. The molecular weight excluding hydrogens is 308 g/mol. The normalized spacial score (nSPS) is 11.2. The second-order valence-electron chi connectivity index (χ2n) is 5.11. The number of nitrogens with zero attached hydrogens (tertiary/aromatic N) is 1. The van der Waals surface area contributed by atoms with Crippen molar-refractivity contribution in [3.8, 4) is 0 Å². The Hall–Kier alpha value is -1.69. The van der Waals surface area contributed by atoms with Gasteiger partial charge in [0.25, 0.3) is 5.91 Å². The molecule has 128 valence electrons. The molecule has 23 heavy (non-hydrogen) atoms. The minimum Gasteiger partial charge on any atom is -0.356 e. The van der Waals surface area contributed by atoms with Gasteiger partial charge in [-0.1, -0.05) is 12.1 Å². The predicted molar refractivity (Wildman–Crippen MR) is 100 cm³/mol. The molecule has 0 saturated carbocycles. The fourth-order valence-electron chi connectivity index (χ4n) is 2.02. The molecule has 1 aromatic rings. The number of nitrogens with one attached hydrogen (secondary N) is 3. The first kappa shape index (κ1) is 19.4. The van der Waals surface area contributed by atoms with Crippen molar-refractivity contribution in [3.63, 3.8) is 0 Å². The fraction of sp³-hybridized carbons (Fsp3) is 0.529. The number of rotatable bonds is 9. The third kappa shape index (κ3) is 7.93. The van der Waals surface area contributed by atoms with Crippen LogP contribution in [0, 0.1) is 0 Å². The number of aliphatic imine (C=N–C) groups is 1. The molecule has 0 heterocycles. The Kier molecular flexibility index (Phi) is 9.95. The van der Waals surface area contributed by atoms with Gasteiger partial charge in [0.05, 0.1) is 0 Å². The molecule has 0 aromatic heterocycles. The molecule has 0 aliphatic carbocycles. The van der Waals surface area contributed by atoms with Crippen LogP contribution in [0.25, 0.3) is 0 Å². The summed E-state index contributed by atoms with van der Waals surface area (Å²) < 4.78 is 0. The standard InChI is InChI=1S/C17H28N4OS/c1-4-19-16(22)15-9-7-14(8-10-15)13-21-17(18-2)20-11-5-6-12-23-3/h7-10H,4-6,11-13H2,1-3H3,(H,19,22)(H2,18,20,21). The van der Waals surface area contributed by atoms with Crippen LogP contribution in [0.2, 0.25) is 0 Å². The number of amides is 1. The maximum Gasteiger partial charge on any atom is 0.251 e. The van der Waals surface area contributed by atoms with E-state index in [0.29, 0.717) is 18.7 Å². The maximum atomic E-state index is 11.7. The molecule has 0 spiro atoms. The van der Waals surface area contributed by atoms with Gasteiger partial charge in [0.15, 0.2) is 5.96 Å². The van der Waals surface area contributed by atoms with E-state index in [0.717, 1.165) is 24.5 Å². The first-order valence-electron chi connectivity index (χ1n) is 8.01. The van der Waals surface area contributed by atoms with E-state index < -0.39 is 0 Å². The van der Waals surface area contributed by atoms with Crippen LogP contribution in [0.4, 0.5) is 0 Å². The smallest absolute Gasteiger partial charge is 0.251 e. The lowest BCUT2D eigenvalue weighted by atomic mass is 10.1. The number of unbranched alkanes of at least 4 members (excludes halogenated alkanes) is 1. The lowest BCUT2D eigenvalue weighted by Crippen LogP contribution is -2.37. The van der Waals surface area contributed by atoms with Crippen molar-refractivity contribution in [2.45, 2.75) is 26.3 Å². The zero-order chi connectivity index (χ0) is 16.9. The average Bonchev–Trinajstić information content (AvgIpc) is 2.58. The van der Waals surface area contributed by atoms with E-state index in [-0.39, 0.29) is 5.91 Å². The highest BCUT2D eigenvalue weighted by Gasteiger charge is 2.04. The zero-order valence-electron chi connectivity index (χ0n) is 14.3. The van der Waals surface area contributed by atoms with Crippen LogP contribution in [0.3, 0.4) is 0 Å². The summed E-state index contributed by atoms with van der Waals surface area (Å²) in [6.45, 7) is 4.16. The Morgan fingerprint density at radius 2 is 1.87 bits per heavy atom. The van der Waals surface area contributed by atoms with Crippen molar-refractivity contribution >= 4 is 23.6 Å². The van der Waals surface area contributed by atoms with Gasteiger partial charge in [-0.15, -0.1) is 0 Å². The largest absolute Gasteiger partial charge is 0.356 e. The Labute approximate surface area is 143 Å². The highest BCUT2D eigenvalue weighted by atomic mass is 32.2. The number of carbonyl (C=O) groups is 1. The number of guanidine groups is 1. The number of benzene rings is 1. The third-order valence-electron chi connectivity index (χ3n) is 3.30. The Bertz CT molecular complexity index is 488. The highest BCUT2D eigenvalue weighted by molar-refractivity contribution is 7.98. The SMILES string of the molecule is CCNC(=O)c1ccc(CNC(=NC)NCCCCSC)cc1. The average molecular weight is 337 g/mol. The Morgan fingerprint density at radius 1 is 1.13 bits per heavy atom. The second-order valence-corrected chi connectivity index (χ2v) is 6.09. The first-order chi connectivity index (χ1) is 11.2. The molecule has 6 heteroatoms. The summed E-state index contributed by atoms with van der Waals surface area (Å²) in [7, 11) is 1.77. The van der Waals surface area contributed by atoms with Crippen molar-refractivity contribution in [2.75, 3.05) is 32.1 Å². The molecule has 1 amide bonds. The molecule has 0 fully saturated rings. The quantitative estimate of drug-likeness (QED) is 0.368. The van der Waals surface area contributed by atoms with Gasteiger partial charge in [-0.2, -0.15) is 11.8 Å². The van der Waals surface area contributed by atoms with E-state index in [9.17, 15) is 4.79 Å². The Balaban J connectivity index is 2.36. The van der Waals surface area contributed by atoms with E-state index in [1.54, 1.807) is 7.05 Å². The molecule has 0 unspecified atom stereocenters. The second kappa shape index (κ2) is 11.8. The van der Waals surface area contributed by atoms with Crippen LogP contribution in [0.1, 0.15) is 35.7 Å². The van der Waals surface area contributed by atoms with Crippen LogP contribution in [-0.2, 0) is 6.54 Å². The minimum atomic E-state index is -0.0327. The summed E-state index contributed by atoms with van der Waals surface area (Å²) in [4.78, 5) is 15.9. The molecule has 5 nitrogen and oxygen atoms in total. The number of thioether (sulfide) groups is 1. The third-order valence-corrected chi connectivity index (χ3v) is 4.00. The molecule has 0 radical (unpaired) electrons. The van der Waals surface area contributed by atoms with Crippen LogP contribution in [0.5, 0.6) is 0 Å². The van der Waals surface area contributed by atoms with Crippen molar-refractivity contribution < 1.29 is 4.79 Å². The summed E-state index contributed by atoms with van der Waals surface area (Å²) in [5.41, 5.74) is 1.80. The van der Waals surface area contributed by atoms with Crippen molar-refractivity contribution in [1.82, 2.24) is 16.0 Å². The predicted octanol–water partition coefficient (Wildman–Crippen LogP) is 2.24. The van der Waals surface area contributed by atoms with Gasteiger partial charge in [-0.05, 0) is 49.5 Å². The topological polar surface area (TPSA) is 65.5 Å². The van der Waals surface area contributed by atoms with Crippen LogP contribution in [-0.4, -0.2) is 44.0 Å². The summed E-state index contributed by atoms with van der Waals surface area (Å²) >= 11 is 1.88. The molecular formula is C17H28N4OS. The monoisotopic (exact) mass is 336 g/mol. The molecule has 0 aliphatic rings. The van der Waals surface area contributed by atoms with Crippen molar-refractivity contribution in [2.24, 2.45) is 4.99 Å². The lowest BCUT2D eigenvalue weighted by molar-refractivity contribution is 0.0956. The highest BCUT2D eigenvalue weighted by Crippen LogP contribution is 2.04. The van der Waals surface area contributed by atoms with E-state index in [1.165, 1.54) is 12.2 Å². The van der Waals surface area contributed by atoms with Crippen molar-refractivity contribution in [1.29, 1.82) is 0 Å². The summed E-state index contributed by atoms with van der Waals surface area (Å²) in [6, 6.07) is 7.62. The van der Waals surface area contributed by atoms with Gasteiger partial charge < -0.3 is 16.0 Å². The number of carbonyl (C=O) groups excluding carboxylic acids is 1. The van der Waals surface area contributed by atoms with Crippen LogP contribution in [0.15, 0.2) is 29.3 Å². The first-order valence-corrected chi connectivity index (χ1v) is 9.41. The van der Waals surface area contributed by atoms with E-state index >= 15 is 0 Å². The summed E-state index contributed by atoms with van der Waals surface area (Å²) in [5, 5.41) is 9.39. The molecule has 1 aromatic carbocycles. The van der Waals surface area contributed by atoms with E-state index in [2.05, 4.69) is 27.2 Å². The van der Waals surface area contributed by atoms with Crippen LogP contribution < -0.4 is 16.0 Å². The zero-order valence-corrected chi connectivity index (χ0v) is 15.1. The summed E-state index contributed by atoms with van der Waals surface area (Å²) in [5.74, 6) is 1.97. The van der Waals surface area contributed by atoms with Crippen molar-refractivity contribution in [3.05, 3.63) is 35.4 Å². The molecule has 0 bridgehead atoms. The van der Waals surface area contributed by atoms with Gasteiger partial charge in [0.1, 0.15) is 0 Å². The molecule has 1 rings (SSSR count). The molecule has 0 aliphatic heterocycles. The van der Waals surface area contributed by atoms with Gasteiger partial charge in [-0.3, -0.25) is 9.79 Å². The van der Waals surface area contributed by atoms with Gasteiger partial charge >= 0.3 is 0 Å². The lowest BCUT2D eigenvalue weighted by Gasteiger charge is -2.12. The van der Waals surface area contributed by atoms with Gasteiger partial charge in [-0.25, -0.2) is 0 Å². The molecule has 0 saturated heterocycles. The van der Waals surface area contributed by atoms with Gasteiger partial charge in [0, 0.05) is 32.2 Å². The number of hydrogen-bond donors (Lipinski definition) is 3. The number of hydrogen-bond acceptors (Lipinski definition) is 3. The summed E-state index contributed by atoms with van der Waals surface area (Å²) in [6.07, 6.45) is 4.49. The van der Waals surface area contributed by atoms with E-state index in [4.69, 9.17) is 0 Å². The van der Waals surface area contributed by atoms with Crippen LogP contribution >= 0.6 is 11.8 Å².